The second-order valence-electron chi connectivity index (χ2n) is 6.75. The van der Waals surface area contributed by atoms with Crippen molar-refractivity contribution in [2.24, 2.45) is 0 Å². The van der Waals surface area contributed by atoms with Crippen LogP contribution in [0.1, 0.15) is 11.1 Å². The van der Waals surface area contributed by atoms with Gasteiger partial charge in [-0.3, -0.25) is 20.2 Å². The molecule has 8 heteroatoms. The van der Waals surface area contributed by atoms with Crippen LogP contribution in [0.2, 0.25) is 0 Å². The highest BCUT2D eigenvalue weighted by Gasteiger charge is 2.17. The molecule has 0 atom stereocenters. The Bertz CT molecular complexity index is 1260. The predicted octanol–water partition coefficient (Wildman–Crippen LogP) is 4.88. The fourth-order valence-corrected chi connectivity index (χ4v) is 3.33. The Morgan fingerprint density at radius 2 is 1.59 bits per heavy atom. The monoisotopic (exact) mass is 388 g/mol. The zero-order valence-corrected chi connectivity index (χ0v) is 15.5. The second kappa shape index (κ2) is 7.16. The maximum Gasteiger partial charge on any atom is 0.270 e. The lowest BCUT2D eigenvalue weighted by Gasteiger charge is -2.10. The standard InChI is InChI=1S/C21H16N4O4/c1-14-8-9-20-19(10-14)22-21(16-5-3-7-18(12-16)25(28)29)23(20)13-15-4-2-6-17(11-15)24(26)27/h2-12H,13H2,1H3. The van der Waals surface area contributed by atoms with E-state index in [0.29, 0.717) is 17.9 Å². The predicted molar refractivity (Wildman–Crippen MR) is 109 cm³/mol. The summed E-state index contributed by atoms with van der Waals surface area (Å²) in [6.07, 6.45) is 0. The van der Waals surface area contributed by atoms with E-state index >= 15 is 0 Å². The third kappa shape index (κ3) is 3.55. The maximum absolute atomic E-state index is 11.2. The van der Waals surface area contributed by atoms with Crippen molar-refractivity contribution in [2.75, 3.05) is 0 Å². The van der Waals surface area contributed by atoms with Crippen LogP contribution >= 0.6 is 0 Å². The van der Waals surface area contributed by atoms with Crippen LogP contribution in [0.5, 0.6) is 0 Å². The van der Waals surface area contributed by atoms with E-state index in [4.69, 9.17) is 4.98 Å². The van der Waals surface area contributed by atoms with Gasteiger partial charge in [0.15, 0.2) is 0 Å². The molecule has 0 aliphatic heterocycles. The fraction of sp³-hybridized carbons (Fsp3) is 0.0952. The number of aryl methyl sites for hydroxylation is 1. The quantitative estimate of drug-likeness (QED) is 0.358. The van der Waals surface area contributed by atoms with Crippen LogP contribution in [0, 0.1) is 27.2 Å². The largest absolute Gasteiger partial charge is 0.319 e. The first kappa shape index (κ1) is 18.3. The molecule has 0 N–H and O–H groups in total. The third-order valence-electron chi connectivity index (χ3n) is 4.68. The summed E-state index contributed by atoms with van der Waals surface area (Å²) in [6.45, 7) is 2.31. The second-order valence-corrected chi connectivity index (χ2v) is 6.75. The minimum Gasteiger partial charge on any atom is -0.319 e. The Labute approximate surface area is 165 Å². The number of rotatable bonds is 5. The molecule has 0 saturated heterocycles. The lowest BCUT2D eigenvalue weighted by Crippen LogP contribution is -2.03. The van der Waals surface area contributed by atoms with Crippen molar-refractivity contribution >= 4 is 22.4 Å². The summed E-state index contributed by atoms with van der Waals surface area (Å²) in [4.78, 5) is 26.1. The van der Waals surface area contributed by atoms with Crippen LogP contribution in [0.25, 0.3) is 22.4 Å². The van der Waals surface area contributed by atoms with Gasteiger partial charge in [-0.05, 0) is 30.2 Å². The van der Waals surface area contributed by atoms with Gasteiger partial charge < -0.3 is 4.57 Å². The Kier molecular flexibility index (Phi) is 4.52. The smallest absolute Gasteiger partial charge is 0.270 e. The molecular weight excluding hydrogens is 372 g/mol. The van der Waals surface area contributed by atoms with Gasteiger partial charge in [0.2, 0.25) is 0 Å². The van der Waals surface area contributed by atoms with E-state index in [1.807, 2.05) is 35.8 Å². The number of imidazole rings is 1. The molecule has 1 aromatic heterocycles. The summed E-state index contributed by atoms with van der Waals surface area (Å²) in [7, 11) is 0. The number of nitrogens with zero attached hydrogens (tertiary/aromatic N) is 4. The Morgan fingerprint density at radius 3 is 2.31 bits per heavy atom. The first-order valence-corrected chi connectivity index (χ1v) is 8.87. The summed E-state index contributed by atoms with van der Waals surface area (Å²) in [5.74, 6) is 0.570. The number of nitro benzene ring substituents is 2. The van der Waals surface area contributed by atoms with E-state index in [2.05, 4.69) is 0 Å². The molecule has 3 aromatic carbocycles. The number of fused-ring (bicyclic) bond motifs is 1. The Balaban J connectivity index is 1.89. The van der Waals surface area contributed by atoms with Gasteiger partial charge in [0.05, 0.1) is 20.9 Å². The SMILES string of the molecule is Cc1ccc2c(c1)nc(-c1cccc([N+](=O)[O-])c1)n2Cc1cccc([N+](=O)[O-])c1. The van der Waals surface area contributed by atoms with Gasteiger partial charge in [0.1, 0.15) is 5.82 Å². The van der Waals surface area contributed by atoms with Crippen LogP contribution in [0.3, 0.4) is 0 Å². The highest BCUT2D eigenvalue weighted by atomic mass is 16.6. The van der Waals surface area contributed by atoms with Crippen molar-refractivity contribution in [3.05, 3.63) is 98.1 Å². The van der Waals surface area contributed by atoms with Crippen LogP contribution < -0.4 is 0 Å². The molecule has 0 radical (unpaired) electrons. The van der Waals surface area contributed by atoms with Crippen LogP contribution in [-0.2, 0) is 6.54 Å². The molecule has 144 valence electrons. The van der Waals surface area contributed by atoms with E-state index in [-0.39, 0.29) is 11.4 Å². The molecule has 0 saturated carbocycles. The van der Waals surface area contributed by atoms with E-state index in [1.165, 1.54) is 24.3 Å². The van der Waals surface area contributed by atoms with Crippen molar-refractivity contribution in [1.82, 2.24) is 9.55 Å². The zero-order chi connectivity index (χ0) is 20.5. The van der Waals surface area contributed by atoms with Crippen LogP contribution in [0.15, 0.2) is 66.7 Å². The van der Waals surface area contributed by atoms with E-state index in [9.17, 15) is 20.2 Å². The lowest BCUT2D eigenvalue weighted by molar-refractivity contribution is -0.385. The number of non-ortho nitro benzene ring substituents is 2. The molecule has 0 fully saturated rings. The van der Waals surface area contributed by atoms with Crippen molar-refractivity contribution in [2.45, 2.75) is 13.5 Å². The van der Waals surface area contributed by atoms with Crippen LogP contribution in [0.4, 0.5) is 11.4 Å². The van der Waals surface area contributed by atoms with Crippen molar-refractivity contribution < 1.29 is 9.85 Å². The molecule has 8 nitrogen and oxygen atoms in total. The normalized spacial score (nSPS) is 10.9. The van der Waals surface area contributed by atoms with Crippen molar-refractivity contribution in [1.29, 1.82) is 0 Å². The molecule has 0 bridgehead atoms. The fourth-order valence-electron chi connectivity index (χ4n) is 3.33. The number of aromatic nitrogens is 2. The van der Waals surface area contributed by atoms with Gasteiger partial charge in [-0.2, -0.15) is 0 Å². The van der Waals surface area contributed by atoms with Crippen molar-refractivity contribution in [3.63, 3.8) is 0 Å². The number of hydrogen-bond acceptors (Lipinski definition) is 5. The highest BCUT2D eigenvalue weighted by Crippen LogP contribution is 2.29. The number of benzene rings is 3. The summed E-state index contributed by atoms with van der Waals surface area (Å²) in [6, 6.07) is 18.6. The maximum atomic E-state index is 11.2. The molecule has 4 aromatic rings. The van der Waals surface area contributed by atoms with Gasteiger partial charge in [-0.25, -0.2) is 4.98 Å². The van der Waals surface area contributed by atoms with Gasteiger partial charge in [-0.1, -0.05) is 30.3 Å². The van der Waals surface area contributed by atoms with E-state index in [0.717, 1.165) is 22.2 Å². The van der Waals surface area contributed by atoms with E-state index in [1.54, 1.807) is 18.2 Å². The zero-order valence-electron chi connectivity index (χ0n) is 15.5. The summed E-state index contributed by atoms with van der Waals surface area (Å²) in [5, 5.41) is 22.3. The molecule has 0 spiro atoms. The minimum absolute atomic E-state index is 0.0136. The molecule has 0 aliphatic carbocycles. The molecule has 0 aliphatic rings. The third-order valence-corrected chi connectivity index (χ3v) is 4.68. The number of hydrogen-bond donors (Lipinski definition) is 0. The molecule has 1 heterocycles. The number of nitro groups is 2. The molecule has 4 rings (SSSR count). The summed E-state index contributed by atoms with van der Waals surface area (Å²) < 4.78 is 1.92. The Morgan fingerprint density at radius 1 is 0.897 bits per heavy atom. The minimum atomic E-state index is -0.443. The van der Waals surface area contributed by atoms with E-state index < -0.39 is 9.85 Å². The first-order chi connectivity index (χ1) is 13.9. The van der Waals surface area contributed by atoms with Gasteiger partial charge in [-0.15, -0.1) is 0 Å². The topological polar surface area (TPSA) is 104 Å². The highest BCUT2D eigenvalue weighted by molar-refractivity contribution is 5.81. The van der Waals surface area contributed by atoms with Crippen molar-refractivity contribution in [3.8, 4) is 11.4 Å². The first-order valence-electron chi connectivity index (χ1n) is 8.87. The average Bonchev–Trinajstić information content (AvgIpc) is 3.05. The van der Waals surface area contributed by atoms with Gasteiger partial charge in [0.25, 0.3) is 11.4 Å². The molecule has 29 heavy (non-hydrogen) atoms. The Hall–Kier alpha value is -4.07. The summed E-state index contributed by atoms with van der Waals surface area (Å²) in [5.41, 5.74) is 4.00. The van der Waals surface area contributed by atoms with Crippen LogP contribution in [-0.4, -0.2) is 19.4 Å². The lowest BCUT2D eigenvalue weighted by atomic mass is 10.1. The van der Waals surface area contributed by atoms with Gasteiger partial charge >= 0.3 is 0 Å². The average molecular weight is 388 g/mol. The molecule has 0 amide bonds. The summed E-state index contributed by atoms with van der Waals surface area (Å²) >= 11 is 0. The van der Waals surface area contributed by atoms with Gasteiger partial charge in [0, 0.05) is 36.4 Å². The molecular formula is C21H16N4O4. The molecule has 0 unspecified atom stereocenters.